The van der Waals surface area contributed by atoms with E-state index in [4.69, 9.17) is 14.2 Å². The van der Waals surface area contributed by atoms with Gasteiger partial charge >= 0.3 is 0 Å². The SMILES string of the molecule is C1CC2(CC(C3CO3)C3CC4OC4C32)O1. The number of hydrogen-bond donors (Lipinski definition) is 0. The van der Waals surface area contributed by atoms with Crippen LogP contribution in [0.25, 0.3) is 0 Å². The molecule has 0 aromatic carbocycles. The van der Waals surface area contributed by atoms with E-state index >= 15 is 0 Å². The number of hydrogen-bond acceptors (Lipinski definition) is 3. The van der Waals surface area contributed by atoms with Crippen LogP contribution >= 0.6 is 0 Å². The minimum atomic E-state index is 0.219. The standard InChI is InChI=1S/C12H16O3/c1-2-14-12(1)4-7(9-5-13-9)6-3-8-11(15-8)10(6)12/h6-11H,1-5H2. The Morgan fingerprint density at radius 1 is 1.13 bits per heavy atom. The summed E-state index contributed by atoms with van der Waals surface area (Å²) in [7, 11) is 0. The Morgan fingerprint density at radius 2 is 2.00 bits per heavy atom. The van der Waals surface area contributed by atoms with Gasteiger partial charge in [-0.1, -0.05) is 0 Å². The first-order valence-corrected chi connectivity index (χ1v) is 6.28. The van der Waals surface area contributed by atoms with E-state index in [0.717, 1.165) is 25.0 Å². The van der Waals surface area contributed by atoms with Crippen molar-refractivity contribution in [3.63, 3.8) is 0 Å². The van der Waals surface area contributed by atoms with E-state index in [1.54, 1.807) is 0 Å². The molecular weight excluding hydrogens is 192 g/mol. The van der Waals surface area contributed by atoms with Crippen molar-refractivity contribution in [2.45, 2.75) is 43.2 Å². The highest BCUT2D eigenvalue weighted by atomic mass is 16.6. The number of fused-ring (bicyclic) bond motifs is 4. The number of epoxide rings is 2. The van der Waals surface area contributed by atoms with Crippen LogP contribution in [0.2, 0.25) is 0 Å². The smallest absolute Gasteiger partial charge is 0.0900 e. The second-order valence-electron chi connectivity index (χ2n) is 5.97. The molecule has 3 heterocycles. The zero-order valence-electron chi connectivity index (χ0n) is 8.72. The van der Waals surface area contributed by atoms with Gasteiger partial charge in [-0.05, 0) is 24.7 Å². The molecule has 0 bridgehead atoms. The lowest BCUT2D eigenvalue weighted by Crippen LogP contribution is -2.49. The lowest BCUT2D eigenvalue weighted by Gasteiger charge is -2.43. The molecular formula is C12H16O3. The fraction of sp³-hybridized carbons (Fsp3) is 1.00. The molecule has 0 N–H and O–H groups in total. The maximum Gasteiger partial charge on any atom is 0.0900 e. The first-order chi connectivity index (χ1) is 7.37. The minimum Gasteiger partial charge on any atom is -0.374 e. The first-order valence-electron chi connectivity index (χ1n) is 6.28. The van der Waals surface area contributed by atoms with Crippen LogP contribution in [0.4, 0.5) is 0 Å². The molecule has 1 spiro atoms. The fourth-order valence-corrected chi connectivity index (χ4v) is 4.64. The van der Waals surface area contributed by atoms with Gasteiger partial charge in [0.1, 0.15) is 0 Å². The van der Waals surface area contributed by atoms with Gasteiger partial charge in [0.25, 0.3) is 0 Å². The third-order valence-electron chi connectivity index (χ3n) is 5.43. The molecule has 0 aromatic rings. The Balaban J connectivity index is 1.54. The summed E-state index contributed by atoms with van der Waals surface area (Å²) < 4.78 is 17.2. The van der Waals surface area contributed by atoms with Gasteiger partial charge in [-0.15, -0.1) is 0 Å². The van der Waals surface area contributed by atoms with Gasteiger partial charge in [0, 0.05) is 12.3 Å². The molecule has 5 fully saturated rings. The largest absolute Gasteiger partial charge is 0.374 e. The molecule has 3 saturated heterocycles. The van der Waals surface area contributed by atoms with Gasteiger partial charge in [0.05, 0.1) is 37.1 Å². The van der Waals surface area contributed by atoms with Gasteiger partial charge in [-0.2, -0.15) is 0 Å². The van der Waals surface area contributed by atoms with Crippen LogP contribution < -0.4 is 0 Å². The van der Waals surface area contributed by atoms with Crippen molar-refractivity contribution in [2.75, 3.05) is 13.2 Å². The summed E-state index contributed by atoms with van der Waals surface area (Å²) in [6.45, 7) is 1.97. The maximum atomic E-state index is 5.96. The second kappa shape index (κ2) is 2.27. The van der Waals surface area contributed by atoms with Crippen LogP contribution in [0.15, 0.2) is 0 Å². The molecule has 0 aromatic heterocycles. The Morgan fingerprint density at radius 3 is 2.67 bits per heavy atom. The van der Waals surface area contributed by atoms with E-state index in [9.17, 15) is 0 Å². The average molecular weight is 208 g/mol. The van der Waals surface area contributed by atoms with Crippen molar-refractivity contribution in [1.82, 2.24) is 0 Å². The van der Waals surface area contributed by atoms with Crippen LogP contribution in [0.1, 0.15) is 19.3 Å². The summed E-state index contributed by atoms with van der Waals surface area (Å²) in [4.78, 5) is 0. The first kappa shape index (κ1) is 8.04. The summed E-state index contributed by atoms with van der Waals surface area (Å²) >= 11 is 0. The van der Waals surface area contributed by atoms with Crippen LogP contribution in [0.3, 0.4) is 0 Å². The highest BCUT2D eigenvalue weighted by Gasteiger charge is 2.71. The van der Waals surface area contributed by atoms with Gasteiger partial charge in [-0.3, -0.25) is 0 Å². The molecule has 0 amide bonds. The van der Waals surface area contributed by atoms with Crippen LogP contribution in [-0.2, 0) is 14.2 Å². The fourth-order valence-electron chi connectivity index (χ4n) is 4.64. The van der Waals surface area contributed by atoms with Crippen molar-refractivity contribution in [3.05, 3.63) is 0 Å². The van der Waals surface area contributed by atoms with E-state index in [0.29, 0.717) is 24.2 Å². The Hall–Kier alpha value is -0.120. The summed E-state index contributed by atoms with van der Waals surface area (Å²) in [6.07, 6.45) is 5.51. The summed E-state index contributed by atoms with van der Waals surface area (Å²) in [5, 5.41) is 0. The molecule has 5 rings (SSSR count). The zero-order valence-corrected chi connectivity index (χ0v) is 8.72. The lowest BCUT2D eigenvalue weighted by atomic mass is 9.81. The topological polar surface area (TPSA) is 34.3 Å². The highest BCUT2D eigenvalue weighted by molar-refractivity contribution is 5.19. The molecule has 82 valence electrons. The Kier molecular flexibility index (Phi) is 1.21. The monoisotopic (exact) mass is 208 g/mol. The molecule has 3 nitrogen and oxygen atoms in total. The normalized spacial score (nSPS) is 68.8. The van der Waals surface area contributed by atoms with E-state index in [2.05, 4.69) is 0 Å². The molecule has 2 aliphatic carbocycles. The molecule has 7 atom stereocenters. The summed E-state index contributed by atoms with van der Waals surface area (Å²) in [5.74, 6) is 2.35. The summed E-state index contributed by atoms with van der Waals surface area (Å²) in [5.41, 5.74) is 0.219. The summed E-state index contributed by atoms with van der Waals surface area (Å²) in [6, 6.07) is 0. The van der Waals surface area contributed by atoms with E-state index in [1.807, 2.05) is 0 Å². The number of rotatable bonds is 1. The minimum absolute atomic E-state index is 0.219. The lowest BCUT2D eigenvalue weighted by molar-refractivity contribution is -0.176. The van der Waals surface area contributed by atoms with E-state index in [-0.39, 0.29) is 5.60 Å². The Labute approximate surface area is 89.1 Å². The van der Waals surface area contributed by atoms with Crippen LogP contribution in [-0.4, -0.2) is 37.1 Å². The average Bonchev–Trinajstić information content (AvgIpc) is 3.06. The van der Waals surface area contributed by atoms with E-state index in [1.165, 1.54) is 19.3 Å². The third-order valence-corrected chi connectivity index (χ3v) is 5.43. The van der Waals surface area contributed by atoms with Crippen LogP contribution in [0, 0.1) is 17.8 Å². The van der Waals surface area contributed by atoms with Gasteiger partial charge < -0.3 is 14.2 Å². The van der Waals surface area contributed by atoms with E-state index < -0.39 is 0 Å². The molecule has 7 unspecified atom stereocenters. The molecule has 0 radical (unpaired) electrons. The molecule has 3 heteroatoms. The predicted octanol–water partition coefficient (Wildman–Crippen LogP) is 0.968. The van der Waals surface area contributed by atoms with Gasteiger partial charge in [-0.25, -0.2) is 0 Å². The second-order valence-corrected chi connectivity index (χ2v) is 5.97. The van der Waals surface area contributed by atoms with Gasteiger partial charge in [0.15, 0.2) is 0 Å². The van der Waals surface area contributed by atoms with Gasteiger partial charge in [0.2, 0.25) is 0 Å². The van der Waals surface area contributed by atoms with Crippen molar-refractivity contribution in [2.24, 2.45) is 17.8 Å². The zero-order chi connectivity index (χ0) is 9.62. The highest BCUT2D eigenvalue weighted by Crippen LogP contribution is 2.65. The number of ether oxygens (including phenoxy) is 3. The molecule has 2 saturated carbocycles. The third kappa shape index (κ3) is 0.855. The molecule has 3 aliphatic heterocycles. The maximum absolute atomic E-state index is 5.96. The predicted molar refractivity (Wildman–Crippen MR) is 51.4 cm³/mol. The van der Waals surface area contributed by atoms with Crippen molar-refractivity contribution >= 4 is 0 Å². The van der Waals surface area contributed by atoms with Crippen LogP contribution in [0.5, 0.6) is 0 Å². The Bertz CT molecular complexity index is 321. The molecule has 5 aliphatic rings. The van der Waals surface area contributed by atoms with Crippen molar-refractivity contribution in [3.8, 4) is 0 Å². The molecule has 15 heavy (non-hydrogen) atoms. The van der Waals surface area contributed by atoms with Crippen molar-refractivity contribution < 1.29 is 14.2 Å². The van der Waals surface area contributed by atoms with Crippen molar-refractivity contribution in [1.29, 1.82) is 0 Å². The quantitative estimate of drug-likeness (QED) is 0.602.